The molecule has 12 heavy (non-hydrogen) atoms. The summed E-state index contributed by atoms with van der Waals surface area (Å²) in [6, 6.07) is 0. The van der Waals surface area contributed by atoms with Crippen LogP contribution in [0.25, 0.3) is 0 Å². The van der Waals surface area contributed by atoms with E-state index >= 15 is 0 Å². The lowest BCUT2D eigenvalue weighted by Gasteiger charge is -2.28. The highest BCUT2D eigenvalue weighted by atomic mass is 16.5. The van der Waals surface area contributed by atoms with Crippen molar-refractivity contribution in [1.29, 1.82) is 0 Å². The van der Waals surface area contributed by atoms with Gasteiger partial charge in [0.1, 0.15) is 0 Å². The van der Waals surface area contributed by atoms with Gasteiger partial charge in [0.05, 0.1) is 25.9 Å². The Morgan fingerprint density at radius 3 is 2.75 bits per heavy atom. The van der Waals surface area contributed by atoms with Crippen LogP contribution in [0.15, 0.2) is 0 Å². The number of ether oxygens (including phenoxy) is 2. The summed E-state index contributed by atoms with van der Waals surface area (Å²) in [4.78, 5) is 2.19. The highest BCUT2D eigenvalue weighted by Crippen LogP contribution is 1.98. The van der Waals surface area contributed by atoms with Crippen molar-refractivity contribution in [2.75, 3.05) is 46.6 Å². The van der Waals surface area contributed by atoms with E-state index in [1.165, 1.54) is 0 Å². The van der Waals surface area contributed by atoms with Crippen LogP contribution in [0, 0.1) is 0 Å². The second kappa shape index (κ2) is 5.48. The van der Waals surface area contributed by atoms with Crippen LogP contribution < -0.4 is 0 Å². The zero-order valence-corrected chi connectivity index (χ0v) is 7.53. The van der Waals surface area contributed by atoms with Gasteiger partial charge in [0, 0.05) is 26.7 Å². The first-order valence-electron chi connectivity index (χ1n) is 4.30. The Morgan fingerprint density at radius 2 is 2.17 bits per heavy atom. The molecule has 0 aliphatic carbocycles. The van der Waals surface area contributed by atoms with Crippen molar-refractivity contribution in [3.8, 4) is 0 Å². The number of morpholine rings is 1. The number of rotatable bonds is 4. The van der Waals surface area contributed by atoms with E-state index in [0.717, 1.165) is 26.3 Å². The Kier molecular flexibility index (Phi) is 4.53. The summed E-state index contributed by atoms with van der Waals surface area (Å²) in [6.45, 7) is 4.50. The Hall–Kier alpha value is -0.160. The van der Waals surface area contributed by atoms with Crippen LogP contribution in [-0.4, -0.2) is 62.7 Å². The highest BCUT2D eigenvalue weighted by Gasteiger charge is 2.13. The average Bonchev–Trinajstić information content (AvgIpc) is 2.06. The van der Waals surface area contributed by atoms with Gasteiger partial charge < -0.3 is 14.6 Å². The molecule has 1 aliphatic rings. The molecule has 4 heteroatoms. The number of methoxy groups -OCH3 is 1. The van der Waals surface area contributed by atoms with Crippen molar-refractivity contribution in [3.05, 3.63) is 0 Å². The van der Waals surface area contributed by atoms with Gasteiger partial charge >= 0.3 is 0 Å². The second-order valence-corrected chi connectivity index (χ2v) is 3.02. The molecule has 0 amide bonds. The summed E-state index contributed by atoms with van der Waals surface area (Å²) in [5.74, 6) is 0. The summed E-state index contributed by atoms with van der Waals surface area (Å²) >= 11 is 0. The molecular formula is C8H17NO3. The van der Waals surface area contributed by atoms with Gasteiger partial charge in [0.25, 0.3) is 0 Å². The van der Waals surface area contributed by atoms with Crippen LogP contribution in [0.5, 0.6) is 0 Å². The summed E-state index contributed by atoms with van der Waals surface area (Å²) in [5, 5.41) is 9.39. The Balaban J connectivity index is 2.11. The van der Waals surface area contributed by atoms with Crippen LogP contribution in [0.1, 0.15) is 0 Å². The van der Waals surface area contributed by atoms with Gasteiger partial charge in [-0.05, 0) is 0 Å². The molecule has 0 aromatic heterocycles. The average molecular weight is 175 g/mol. The Bertz CT molecular complexity index is 115. The lowest BCUT2D eigenvalue weighted by Crippen LogP contribution is -2.42. The Labute approximate surface area is 73.1 Å². The second-order valence-electron chi connectivity index (χ2n) is 3.02. The molecule has 1 saturated heterocycles. The van der Waals surface area contributed by atoms with Crippen molar-refractivity contribution in [2.24, 2.45) is 0 Å². The molecule has 0 radical (unpaired) electrons. The molecule has 1 rings (SSSR count). The highest BCUT2D eigenvalue weighted by molar-refractivity contribution is 4.66. The standard InChI is InChI=1S/C8H17NO3/c1-11-7-8(10)6-9-2-4-12-5-3-9/h8,10H,2-7H2,1H3/t8-/m1/s1. The van der Waals surface area contributed by atoms with E-state index in [4.69, 9.17) is 9.47 Å². The number of aliphatic hydroxyl groups excluding tert-OH is 1. The topological polar surface area (TPSA) is 41.9 Å². The molecule has 0 aromatic carbocycles. The van der Waals surface area contributed by atoms with E-state index in [2.05, 4.69) is 4.90 Å². The summed E-state index contributed by atoms with van der Waals surface area (Å²) in [7, 11) is 1.60. The predicted octanol–water partition coefficient (Wildman–Crippen LogP) is -0.674. The van der Waals surface area contributed by atoms with Crippen molar-refractivity contribution in [2.45, 2.75) is 6.10 Å². The fraction of sp³-hybridized carbons (Fsp3) is 1.00. The van der Waals surface area contributed by atoms with Crippen LogP contribution in [0.2, 0.25) is 0 Å². The Morgan fingerprint density at radius 1 is 1.50 bits per heavy atom. The van der Waals surface area contributed by atoms with Gasteiger partial charge in [-0.1, -0.05) is 0 Å². The zero-order valence-electron chi connectivity index (χ0n) is 7.53. The number of hydrogen-bond donors (Lipinski definition) is 1. The first kappa shape index (κ1) is 9.92. The molecule has 0 saturated carbocycles. The molecule has 1 fully saturated rings. The van der Waals surface area contributed by atoms with Gasteiger partial charge in [-0.25, -0.2) is 0 Å². The van der Waals surface area contributed by atoms with Gasteiger partial charge in [-0.15, -0.1) is 0 Å². The van der Waals surface area contributed by atoms with Crippen LogP contribution in [-0.2, 0) is 9.47 Å². The third kappa shape index (κ3) is 3.49. The molecule has 1 atom stereocenters. The lowest BCUT2D eigenvalue weighted by atomic mass is 10.3. The molecule has 0 spiro atoms. The fourth-order valence-electron chi connectivity index (χ4n) is 1.33. The van der Waals surface area contributed by atoms with Crippen LogP contribution in [0.3, 0.4) is 0 Å². The number of aliphatic hydroxyl groups is 1. The minimum atomic E-state index is -0.368. The number of β-amino-alcohol motifs (C(OH)–C–C–N with tert-alkyl or cyclic N) is 1. The molecular weight excluding hydrogens is 158 g/mol. The van der Waals surface area contributed by atoms with Crippen LogP contribution >= 0.6 is 0 Å². The van der Waals surface area contributed by atoms with Gasteiger partial charge in [0.2, 0.25) is 0 Å². The minimum absolute atomic E-state index is 0.368. The van der Waals surface area contributed by atoms with E-state index in [9.17, 15) is 5.11 Å². The third-order valence-corrected chi connectivity index (χ3v) is 1.93. The summed E-state index contributed by atoms with van der Waals surface area (Å²) < 4.78 is 10.0. The minimum Gasteiger partial charge on any atom is -0.389 e. The van der Waals surface area contributed by atoms with E-state index in [1.54, 1.807) is 7.11 Å². The zero-order chi connectivity index (χ0) is 8.81. The fourth-order valence-corrected chi connectivity index (χ4v) is 1.33. The maximum Gasteiger partial charge on any atom is 0.0900 e. The van der Waals surface area contributed by atoms with Crippen molar-refractivity contribution in [1.82, 2.24) is 4.90 Å². The summed E-state index contributed by atoms with van der Waals surface area (Å²) in [6.07, 6.45) is -0.368. The SMILES string of the molecule is COC[C@H](O)CN1CCOCC1. The van der Waals surface area contributed by atoms with Crippen molar-refractivity contribution >= 4 is 0 Å². The third-order valence-electron chi connectivity index (χ3n) is 1.93. The first-order valence-corrected chi connectivity index (χ1v) is 4.30. The molecule has 1 aliphatic heterocycles. The number of nitrogens with zero attached hydrogens (tertiary/aromatic N) is 1. The predicted molar refractivity (Wildman–Crippen MR) is 45.1 cm³/mol. The smallest absolute Gasteiger partial charge is 0.0900 e. The summed E-state index contributed by atoms with van der Waals surface area (Å²) in [5.41, 5.74) is 0. The monoisotopic (exact) mass is 175 g/mol. The largest absolute Gasteiger partial charge is 0.389 e. The number of hydrogen-bond acceptors (Lipinski definition) is 4. The quantitative estimate of drug-likeness (QED) is 0.615. The van der Waals surface area contributed by atoms with Crippen molar-refractivity contribution < 1.29 is 14.6 Å². The maximum absolute atomic E-state index is 9.39. The van der Waals surface area contributed by atoms with E-state index < -0.39 is 0 Å². The normalized spacial score (nSPS) is 22.5. The van der Waals surface area contributed by atoms with E-state index in [1.807, 2.05) is 0 Å². The van der Waals surface area contributed by atoms with Gasteiger partial charge in [-0.2, -0.15) is 0 Å². The molecule has 1 heterocycles. The van der Waals surface area contributed by atoms with E-state index in [-0.39, 0.29) is 6.10 Å². The molecule has 0 unspecified atom stereocenters. The van der Waals surface area contributed by atoms with Crippen LogP contribution in [0.4, 0.5) is 0 Å². The maximum atomic E-state index is 9.39. The van der Waals surface area contributed by atoms with Gasteiger partial charge in [0.15, 0.2) is 0 Å². The molecule has 0 aromatic rings. The molecule has 0 bridgehead atoms. The van der Waals surface area contributed by atoms with E-state index in [0.29, 0.717) is 13.2 Å². The molecule has 72 valence electrons. The van der Waals surface area contributed by atoms with Crippen molar-refractivity contribution in [3.63, 3.8) is 0 Å². The molecule has 1 N–H and O–H groups in total. The molecule has 4 nitrogen and oxygen atoms in total. The first-order chi connectivity index (χ1) is 5.83. The lowest BCUT2D eigenvalue weighted by molar-refractivity contribution is -0.00525. The van der Waals surface area contributed by atoms with Gasteiger partial charge in [-0.3, -0.25) is 4.90 Å².